The lowest BCUT2D eigenvalue weighted by atomic mass is 9.70. The van der Waals surface area contributed by atoms with Gasteiger partial charge in [-0.05, 0) is 35.6 Å². The summed E-state index contributed by atoms with van der Waals surface area (Å²) in [6.07, 6.45) is 0.993. The fourth-order valence-electron chi connectivity index (χ4n) is 3.90. The van der Waals surface area contributed by atoms with Gasteiger partial charge in [0.15, 0.2) is 17.3 Å². The zero-order chi connectivity index (χ0) is 19.9. The van der Waals surface area contributed by atoms with Gasteiger partial charge in [0.25, 0.3) is 0 Å². The molecule has 1 aliphatic heterocycles. The normalized spacial score (nSPS) is 21.3. The van der Waals surface area contributed by atoms with Gasteiger partial charge in [0.1, 0.15) is 17.4 Å². The van der Waals surface area contributed by atoms with Crippen LogP contribution in [-0.4, -0.2) is 20.0 Å². The van der Waals surface area contributed by atoms with Gasteiger partial charge in [-0.3, -0.25) is 4.79 Å². The number of rotatable bonds is 3. The molecule has 1 aliphatic carbocycles. The van der Waals surface area contributed by atoms with Crippen LogP contribution in [-0.2, 0) is 9.53 Å². The van der Waals surface area contributed by atoms with E-state index in [9.17, 15) is 10.1 Å². The molecule has 2 N–H and O–H groups in total. The van der Waals surface area contributed by atoms with Crippen LogP contribution in [0.5, 0.6) is 11.5 Å². The minimum Gasteiger partial charge on any atom is -0.493 e. The molecule has 0 amide bonds. The highest BCUT2D eigenvalue weighted by atomic mass is 16.5. The van der Waals surface area contributed by atoms with Crippen molar-refractivity contribution in [2.24, 2.45) is 11.1 Å². The van der Waals surface area contributed by atoms with Gasteiger partial charge in [-0.2, -0.15) is 5.26 Å². The van der Waals surface area contributed by atoms with Crippen molar-refractivity contribution in [3.05, 3.63) is 46.0 Å². The van der Waals surface area contributed by atoms with Gasteiger partial charge in [-0.1, -0.05) is 13.8 Å². The van der Waals surface area contributed by atoms with Gasteiger partial charge in [-0.15, -0.1) is 0 Å². The highest BCUT2D eigenvalue weighted by molar-refractivity contribution is 6.00. The topological polar surface area (TPSA) is 94.6 Å². The van der Waals surface area contributed by atoms with Crippen molar-refractivity contribution in [2.45, 2.75) is 39.5 Å². The molecule has 6 heteroatoms. The molecule has 0 aromatic heterocycles. The number of nitriles is 1. The summed E-state index contributed by atoms with van der Waals surface area (Å²) in [5.74, 6) is 1.16. The lowest BCUT2D eigenvalue weighted by Gasteiger charge is -2.37. The summed E-state index contributed by atoms with van der Waals surface area (Å²) in [7, 11) is 3.12. The van der Waals surface area contributed by atoms with Gasteiger partial charge in [0.2, 0.25) is 5.88 Å². The molecule has 1 aromatic rings. The molecule has 1 atom stereocenters. The van der Waals surface area contributed by atoms with Crippen LogP contribution in [0.1, 0.15) is 43.7 Å². The number of ketones is 1. The average molecular weight is 368 g/mol. The third kappa shape index (κ3) is 3.14. The minimum absolute atomic E-state index is 0.0133. The zero-order valence-corrected chi connectivity index (χ0v) is 16.3. The third-order valence-corrected chi connectivity index (χ3v) is 5.16. The van der Waals surface area contributed by atoms with E-state index in [0.29, 0.717) is 35.7 Å². The lowest BCUT2D eigenvalue weighted by Crippen LogP contribution is -2.33. The molecule has 0 radical (unpaired) electrons. The third-order valence-electron chi connectivity index (χ3n) is 5.16. The molecule has 27 heavy (non-hydrogen) atoms. The molecule has 2 aliphatic rings. The van der Waals surface area contributed by atoms with Crippen LogP contribution in [0, 0.1) is 23.7 Å². The maximum atomic E-state index is 13.0. The Labute approximate surface area is 159 Å². The predicted molar refractivity (Wildman–Crippen MR) is 100.0 cm³/mol. The van der Waals surface area contributed by atoms with Crippen LogP contribution >= 0.6 is 0 Å². The van der Waals surface area contributed by atoms with Crippen molar-refractivity contribution in [3.63, 3.8) is 0 Å². The molecule has 1 unspecified atom stereocenters. The number of ether oxygens (including phenoxy) is 3. The molecule has 0 bridgehead atoms. The summed E-state index contributed by atoms with van der Waals surface area (Å²) in [5.41, 5.74) is 8.30. The first kappa shape index (κ1) is 18.8. The van der Waals surface area contributed by atoms with E-state index in [2.05, 4.69) is 6.07 Å². The molecule has 6 nitrogen and oxygen atoms in total. The Hall–Kier alpha value is -2.94. The summed E-state index contributed by atoms with van der Waals surface area (Å²) in [4.78, 5) is 13.0. The summed E-state index contributed by atoms with van der Waals surface area (Å²) < 4.78 is 16.5. The highest BCUT2D eigenvalue weighted by Crippen LogP contribution is 2.49. The van der Waals surface area contributed by atoms with E-state index in [-0.39, 0.29) is 22.7 Å². The number of aryl methyl sites for hydroxylation is 1. The van der Waals surface area contributed by atoms with Gasteiger partial charge in [0.05, 0.1) is 20.1 Å². The molecule has 0 fully saturated rings. The quantitative estimate of drug-likeness (QED) is 0.878. The molecule has 142 valence electrons. The summed E-state index contributed by atoms with van der Waals surface area (Å²) in [6.45, 7) is 5.96. The number of benzene rings is 1. The largest absolute Gasteiger partial charge is 0.493 e. The standard InChI is InChI=1S/C21H24N2O4/c1-11-6-15(25-4)16(26-5)7-12(11)18-13(10-22)20(23)27-17-9-21(2,3)8-14(24)19(17)18/h6-7,18H,8-9,23H2,1-5H3. The zero-order valence-electron chi connectivity index (χ0n) is 16.3. The smallest absolute Gasteiger partial charge is 0.205 e. The molecule has 0 saturated heterocycles. The van der Waals surface area contributed by atoms with E-state index in [1.54, 1.807) is 14.2 Å². The second kappa shape index (κ2) is 6.66. The first-order valence-corrected chi connectivity index (χ1v) is 8.78. The molecular weight excluding hydrogens is 344 g/mol. The van der Waals surface area contributed by atoms with E-state index < -0.39 is 5.92 Å². The average Bonchev–Trinajstić information content (AvgIpc) is 2.59. The van der Waals surface area contributed by atoms with Crippen molar-refractivity contribution >= 4 is 5.78 Å². The van der Waals surface area contributed by atoms with E-state index in [4.69, 9.17) is 19.9 Å². The number of hydrogen-bond acceptors (Lipinski definition) is 6. The number of methoxy groups -OCH3 is 2. The van der Waals surface area contributed by atoms with Crippen molar-refractivity contribution in [3.8, 4) is 17.6 Å². The number of nitrogens with two attached hydrogens (primary N) is 1. The Morgan fingerprint density at radius 3 is 2.44 bits per heavy atom. The van der Waals surface area contributed by atoms with Crippen LogP contribution in [0.25, 0.3) is 0 Å². The Bertz CT molecular complexity index is 919. The molecule has 3 rings (SSSR count). The second-order valence-corrected chi connectivity index (χ2v) is 7.77. The summed E-state index contributed by atoms with van der Waals surface area (Å²) in [5, 5.41) is 9.73. The molecule has 0 saturated carbocycles. The first-order valence-electron chi connectivity index (χ1n) is 8.78. The van der Waals surface area contributed by atoms with Crippen molar-refractivity contribution in [1.29, 1.82) is 5.26 Å². The number of carbonyl (C=O) groups is 1. The Balaban J connectivity index is 2.25. The molecular formula is C21H24N2O4. The summed E-state index contributed by atoms with van der Waals surface area (Å²) in [6, 6.07) is 5.79. The van der Waals surface area contributed by atoms with E-state index in [1.807, 2.05) is 32.9 Å². The maximum absolute atomic E-state index is 13.0. The van der Waals surface area contributed by atoms with Crippen LogP contribution in [0.3, 0.4) is 0 Å². The molecule has 1 aromatic carbocycles. The fraction of sp³-hybridized carbons (Fsp3) is 0.429. The SMILES string of the molecule is COc1cc(C)c(C2C(C#N)=C(N)OC3=C2C(=O)CC(C)(C)C3)cc1OC. The Morgan fingerprint density at radius 2 is 1.85 bits per heavy atom. The number of nitrogens with zero attached hydrogens (tertiary/aromatic N) is 1. The number of Topliss-reactive ketones (excluding diaryl/α,β-unsaturated/α-hetero) is 1. The Kier molecular flexibility index (Phi) is 4.64. The van der Waals surface area contributed by atoms with E-state index in [1.165, 1.54) is 0 Å². The second-order valence-electron chi connectivity index (χ2n) is 7.77. The predicted octanol–water partition coefficient (Wildman–Crippen LogP) is 3.46. The number of allylic oxidation sites excluding steroid dienone is 3. The molecule has 1 heterocycles. The molecule has 0 spiro atoms. The van der Waals surface area contributed by atoms with Gasteiger partial charge in [0, 0.05) is 18.4 Å². The Morgan fingerprint density at radius 1 is 1.22 bits per heavy atom. The van der Waals surface area contributed by atoms with Gasteiger partial charge in [-0.25, -0.2) is 0 Å². The van der Waals surface area contributed by atoms with E-state index >= 15 is 0 Å². The van der Waals surface area contributed by atoms with Crippen LogP contribution in [0.4, 0.5) is 0 Å². The van der Waals surface area contributed by atoms with Crippen LogP contribution in [0.15, 0.2) is 34.9 Å². The fourth-order valence-corrected chi connectivity index (χ4v) is 3.90. The van der Waals surface area contributed by atoms with Crippen LogP contribution < -0.4 is 15.2 Å². The first-order chi connectivity index (χ1) is 12.7. The van der Waals surface area contributed by atoms with Crippen molar-refractivity contribution in [1.82, 2.24) is 0 Å². The van der Waals surface area contributed by atoms with Crippen molar-refractivity contribution < 1.29 is 19.0 Å². The van der Waals surface area contributed by atoms with Gasteiger partial charge < -0.3 is 19.9 Å². The van der Waals surface area contributed by atoms with E-state index in [0.717, 1.165) is 11.1 Å². The lowest BCUT2D eigenvalue weighted by molar-refractivity contribution is -0.119. The summed E-state index contributed by atoms with van der Waals surface area (Å²) >= 11 is 0. The van der Waals surface area contributed by atoms with Crippen molar-refractivity contribution in [2.75, 3.05) is 14.2 Å². The van der Waals surface area contributed by atoms with Gasteiger partial charge >= 0.3 is 0 Å². The minimum atomic E-state index is -0.567. The number of hydrogen-bond donors (Lipinski definition) is 1. The highest BCUT2D eigenvalue weighted by Gasteiger charge is 2.43. The maximum Gasteiger partial charge on any atom is 0.205 e. The van der Waals surface area contributed by atoms with Crippen LogP contribution in [0.2, 0.25) is 0 Å². The number of carbonyl (C=O) groups excluding carboxylic acids is 1. The monoisotopic (exact) mass is 368 g/mol.